The Morgan fingerprint density at radius 1 is 1.57 bits per heavy atom. The third-order valence-corrected chi connectivity index (χ3v) is 2.88. The fourth-order valence-corrected chi connectivity index (χ4v) is 1.97. The molecule has 0 spiro atoms. The van der Waals surface area contributed by atoms with Gasteiger partial charge in [-0.1, -0.05) is 0 Å². The summed E-state index contributed by atoms with van der Waals surface area (Å²) in [5, 5.41) is 0. The van der Waals surface area contributed by atoms with Gasteiger partial charge in [0.05, 0.1) is 0 Å². The smallest absolute Gasteiger partial charge is 0.0464 e. The van der Waals surface area contributed by atoms with Crippen molar-refractivity contribution in [1.29, 1.82) is 0 Å². The van der Waals surface area contributed by atoms with Gasteiger partial charge in [-0.2, -0.15) is 0 Å². The Hall–Kier alpha value is -0.930. The van der Waals surface area contributed by atoms with Crippen molar-refractivity contribution >= 4 is 0 Å². The molecule has 0 saturated carbocycles. The Morgan fingerprint density at radius 3 is 3.07 bits per heavy atom. The van der Waals surface area contributed by atoms with Gasteiger partial charge in [0.25, 0.3) is 0 Å². The molecule has 0 aromatic carbocycles. The Morgan fingerprint density at radius 2 is 2.36 bits per heavy atom. The van der Waals surface area contributed by atoms with Gasteiger partial charge in [0, 0.05) is 37.4 Å². The minimum absolute atomic E-state index is 0.593. The SMILES string of the molecule is Cc1nc2c(cc1CN)CN(C)CC2. The number of aryl methyl sites for hydroxylation is 1. The molecular weight excluding hydrogens is 174 g/mol. The predicted octanol–water partition coefficient (Wildman–Crippen LogP) is 0.837. The van der Waals surface area contributed by atoms with Crippen molar-refractivity contribution in [3.8, 4) is 0 Å². The van der Waals surface area contributed by atoms with E-state index in [2.05, 4.69) is 23.0 Å². The molecule has 2 rings (SSSR count). The number of rotatable bonds is 1. The molecule has 1 aliphatic rings. The summed E-state index contributed by atoms with van der Waals surface area (Å²) in [7, 11) is 2.14. The van der Waals surface area contributed by atoms with Crippen LogP contribution < -0.4 is 5.73 Å². The fourth-order valence-electron chi connectivity index (χ4n) is 1.97. The topological polar surface area (TPSA) is 42.1 Å². The fraction of sp³-hybridized carbons (Fsp3) is 0.545. The Labute approximate surface area is 84.9 Å². The van der Waals surface area contributed by atoms with Crippen molar-refractivity contribution in [2.45, 2.75) is 26.4 Å². The van der Waals surface area contributed by atoms with E-state index in [1.54, 1.807) is 0 Å². The summed E-state index contributed by atoms with van der Waals surface area (Å²) in [5.74, 6) is 0. The van der Waals surface area contributed by atoms with Crippen molar-refractivity contribution in [3.63, 3.8) is 0 Å². The van der Waals surface area contributed by atoms with Crippen LogP contribution in [0.5, 0.6) is 0 Å². The summed E-state index contributed by atoms with van der Waals surface area (Å²) in [4.78, 5) is 6.93. The Bertz CT molecular complexity index is 347. The van der Waals surface area contributed by atoms with Crippen LogP contribution >= 0.6 is 0 Å². The number of nitrogens with zero attached hydrogens (tertiary/aromatic N) is 2. The molecule has 1 aromatic heterocycles. The first-order chi connectivity index (χ1) is 6.70. The van der Waals surface area contributed by atoms with E-state index in [9.17, 15) is 0 Å². The lowest BCUT2D eigenvalue weighted by atomic mass is 10.0. The first kappa shape index (κ1) is 9.62. The first-order valence-electron chi connectivity index (χ1n) is 5.07. The number of nitrogens with two attached hydrogens (primary N) is 1. The van der Waals surface area contributed by atoms with E-state index >= 15 is 0 Å². The van der Waals surface area contributed by atoms with Gasteiger partial charge in [0.15, 0.2) is 0 Å². The van der Waals surface area contributed by atoms with Crippen molar-refractivity contribution in [3.05, 3.63) is 28.6 Å². The minimum Gasteiger partial charge on any atom is -0.326 e. The third kappa shape index (κ3) is 1.65. The Balaban J connectivity index is 2.41. The van der Waals surface area contributed by atoms with E-state index in [0.29, 0.717) is 6.54 Å². The molecule has 0 bridgehead atoms. The molecule has 0 aliphatic carbocycles. The molecular formula is C11H17N3. The van der Waals surface area contributed by atoms with Crippen molar-refractivity contribution in [2.24, 2.45) is 5.73 Å². The maximum Gasteiger partial charge on any atom is 0.0464 e. The maximum absolute atomic E-state index is 5.66. The van der Waals surface area contributed by atoms with Gasteiger partial charge in [0.2, 0.25) is 0 Å². The van der Waals surface area contributed by atoms with Crippen LogP contribution in [0.3, 0.4) is 0 Å². The lowest BCUT2D eigenvalue weighted by Gasteiger charge is -2.25. The van der Waals surface area contributed by atoms with Crippen molar-refractivity contribution < 1.29 is 0 Å². The van der Waals surface area contributed by atoms with Crippen molar-refractivity contribution in [2.75, 3.05) is 13.6 Å². The molecule has 2 heterocycles. The highest BCUT2D eigenvalue weighted by Gasteiger charge is 2.15. The average Bonchev–Trinajstić information content (AvgIpc) is 2.17. The van der Waals surface area contributed by atoms with E-state index in [1.807, 2.05) is 6.92 Å². The molecule has 76 valence electrons. The van der Waals surface area contributed by atoms with E-state index in [0.717, 1.165) is 25.2 Å². The molecule has 0 atom stereocenters. The summed E-state index contributed by atoms with van der Waals surface area (Å²) in [5.41, 5.74) is 10.6. The molecule has 2 N–H and O–H groups in total. The summed E-state index contributed by atoms with van der Waals surface area (Å²) in [6.07, 6.45) is 1.07. The second kappa shape index (κ2) is 3.67. The molecule has 0 unspecified atom stereocenters. The number of pyridine rings is 1. The van der Waals surface area contributed by atoms with Gasteiger partial charge in [-0.15, -0.1) is 0 Å². The molecule has 1 aliphatic heterocycles. The maximum atomic E-state index is 5.66. The van der Waals surface area contributed by atoms with Crippen LogP contribution in [0.15, 0.2) is 6.07 Å². The van der Waals surface area contributed by atoms with Crippen LogP contribution in [0.2, 0.25) is 0 Å². The van der Waals surface area contributed by atoms with Crippen molar-refractivity contribution in [1.82, 2.24) is 9.88 Å². The van der Waals surface area contributed by atoms with Gasteiger partial charge in [-0.3, -0.25) is 4.98 Å². The summed E-state index contributed by atoms with van der Waals surface area (Å²) in [6.45, 7) is 4.76. The minimum atomic E-state index is 0.593. The van der Waals surface area contributed by atoms with Crippen LogP contribution in [-0.4, -0.2) is 23.5 Å². The van der Waals surface area contributed by atoms with Crippen LogP contribution in [-0.2, 0) is 19.5 Å². The lowest BCUT2D eigenvalue weighted by molar-refractivity contribution is 0.309. The number of hydrogen-bond acceptors (Lipinski definition) is 3. The summed E-state index contributed by atoms with van der Waals surface area (Å²) < 4.78 is 0. The van der Waals surface area contributed by atoms with Gasteiger partial charge in [0.1, 0.15) is 0 Å². The highest BCUT2D eigenvalue weighted by Crippen LogP contribution is 2.18. The second-order valence-corrected chi connectivity index (χ2v) is 4.03. The number of likely N-dealkylation sites (N-methyl/N-ethyl adjacent to an activating group) is 1. The summed E-state index contributed by atoms with van der Waals surface area (Å²) in [6, 6.07) is 2.22. The zero-order chi connectivity index (χ0) is 10.1. The van der Waals surface area contributed by atoms with Gasteiger partial charge in [-0.25, -0.2) is 0 Å². The van der Waals surface area contributed by atoms with Crippen LogP contribution in [0.1, 0.15) is 22.5 Å². The summed E-state index contributed by atoms with van der Waals surface area (Å²) >= 11 is 0. The zero-order valence-corrected chi connectivity index (χ0v) is 8.88. The molecule has 3 heteroatoms. The van der Waals surface area contributed by atoms with E-state index in [-0.39, 0.29) is 0 Å². The van der Waals surface area contributed by atoms with E-state index in [1.165, 1.54) is 16.8 Å². The highest BCUT2D eigenvalue weighted by molar-refractivity contribution is 5.31. The van der Waals surface area contributed by atoms with Gasteiger partial charge in [-0.05, 0) is 31.2 Å². The third-order valence-electron chi connectivity index (χ3n) is 2.88. The van der Waals surface area contributed by atoms with E-state index < -0.39 is 0 Å². The molecule has 3 nitrogen and oxygen atoms in total. The number of aromatic nitrogens is 1. The molecule has 0 saturated heterocycles. The number of hydrogen-bond donors (Lipinski definition) is 1. The largest absolute Gasteiger partial charge is 0.326 e. The van der Waals surface area contributed by atoms with Gasteiger partial charge >= 0.3 is 0 Å². The normalized spacial score (nSPS) is 16.8. The molecule has 0 radical (unpaired) electrons. The first-order valence-corrected chi connectivity index (χ1v) is 5.07. The average molecular weight is 191 g/mol. The lowest BCUT2D eigenvalue weighted by Crippen LogP contribution is -2.27. The van der Waals surface area contributed by atoms with Crippen LogP contribution in [0.4, 0.5) is 0 Å². The quantitative estimate of drug-likeness (QED) is 0.715. The standard InChI is InChI=1S/C11H17N3/c1-8-9(6-12)5-10-7-14(2)4-3-11(10)13-8/h5H,3-4,6-7,12H2,1-2H3. The van der Waals surface area contributed by atoms with E-state index in [4.69, 9.17) is 5.73 Å². The highest BCUT2D eigenvalue weighted by atomic mass is 15.1. The molecule has 0 amide bonds. The zero-order valence-electron chi connectivity index (χ0n) is 8.88. The van der Waals surface area contributed by atoms with Crippen LogP contribution in [0, 0.1) is 6.92 Å². The molecule has 14 heavy (non-hydrogen) atoms. The molecule has 0 fully saturated rings. The van der Waals surface area contributed by atoms with Crippen LogP contribution in [0.25, 0.3) is 0 Å². The second-order valence-electron chi connectivity index (χ2n) is 4.03. The molecule has 1 aromatic rings. The van der Waals surface area contributed by atoms with Gasteiger partial charge < -0.3 is 10.6 Å². The monoisotopic (exact) mass is 191 g/mol. The number of fused-ring (bicyclic) bond motifs is 1. The Kier molecular flexibility index (Phi) is 2.52. The predicted molar refractivity (Wildman–Crippen MR) is 56.9 cm³/mol.